The molecule has 0 radical (unpaired) electrons. The predicted molar refractivity (Wildman–Crippen MR) is 119 cm³/mol. The number of aromatic nitrogens is 3. The second kappa shape index (κ2) is 9.99. The Labute approximate surface area is 184 Å². The van der Waals surface area contributed by atoms with Gasteiger partial charge < -0.3 is 14.5 Å². The van der Waals surface area contributed by atoms with Crippen LogP contribution >= 0.6 is 11.8 Å². The van der Waals surface area contributed by atoms with Crippen molar-refractivity contribution in [2.24, 2.45) is 0 Å². The highest BCUT2D eigenvalue weighted by Gasteiger charge is 2.18. The minimum absolute atomic E-state index is 0.0675. The number of ether oxygens (including phenoxy) is 1. The molecule has 0 atom stereocenters. The van der Waals surface area contributed by atoms with Gasteiger partial charge in [0.2, 0.25) is 11.7 Å². The number of rotatable bonds is 9. The minimum Gasteiger partial charge on any atom is -0.496 e. The molecule has 4 aromatic rings. The highest BCUT2D eigenvalue weighted by atomic mass is 32.2. The summed E-state index contributed by atoms with van der Waals surface area (Å²) < 4.78 is 12.8. The molecule has 0 saturated heterocycles. The summed E-state index contributed by atoms with van der Waals surface area (Å²) >= 11 is 1.33. The summed E-state index contributed by atoms with van der Waals surface area (Å²) in [5, 5.41) is 12.2. The number of hydrogen-bond donors (Lipinski definition) is 1. The Kier molecular flexibility index (Phi) is 6.68. The van der Waals surface area contributed by atoms with Crippen molar-refractivity contribution in [3.05, 3.63) is 78.6 Å². The molecule has 0 saturated carbocycles. The molecule has 0 spiro atoms. The maximum atomic E-state index is 12.4. The summed E-state index contributed by atoms with van der Waals surface area (Å²) in [6.45, 7) is 0.531. The van der Waals surface area contributed by atoms with Gasteiger partial charge in [0, 0.05) is 12.2 Å². The van der Waals surface area contributed by atoms with Gasteiger partial charge in [0.25, 0.3) is 0 Å². The lowest BCUT2D eigenvalue weighted by Gasteiger charge is -2.10. The Morgan fingerprint density at radius 3 is 2.65 bits per heavy atom. The van der Waals surface area contributed by atoms with Crippen LogP contribution in [0.5, 0.6) is 5.75 Å². The summed E-state index contributed by atoms with van der Waals surface area (Å²) in [6, 6.07) is 21.2. The standard InChI is InChI=1S/C23H22N4O3S/c1-29-19-11-6-5-8-17(19)13-14-24-21(28)16-31-23-26-25-22(20-12-7-15-30-20)27(23)18-9-3-2-4-10-18/h2-12,15H,13-14,16H2,1H3,(H,24,28). The van der Waals surface area contributed by atoms with Gasteiger partial charge in [-0.2, -0.15) is 0 Å². The van der Waals surface area contributed by atoms with Gasteiger partial charge in [-0.3, -0.25) is 9.36 Å². The average molecular weight is 435 g/mol. The molecule has 2 aromatic heterocycles. The first-order chi connectivity index (χ1) is 15.3. The fraction of sp³-hybridized carbons (Fsp3) is 0.174. The number of methoxy groups -OCH3 is 1. The van der Waals surface area contributed by atoms with Crippen LogP contribution in [0.4, 0.5) is 0 Å². The number of amides is 1. The van der Waals surface area contributed by atoms with E-state index in [2.05, 4.69) is 15.5 Å². The fourth-order valence-electron chi connectivity index (χ4n) is 3.17. The van der Waals surface area contributed by atoms with Gasteiger partial charge >= 0.3 is 0 Å². The molecule has 0 fully saturated rings. The third kappa shape index (κ3) is 4.97. The lowest BCUT2D eigenvalue weighted by atomic mass is 10.1. The SMILES string of the molecule is COc1ccccc1CCNC(=O)CSc1nnc(-c2ccco2)n1-c1ccccc1. The molecule has 1 N–H and O–H groups in total. The molecular formula is C23H22N4O3S. The summed E-state index contributed by atoms with van der Waals surface area (Å²) in [6.07, 6.45) is 2.30. The fourth-order valence-corrected chi connectivity index (χ4v) is 3.95. The molecule has 1 amide bonds. The lowest BCUT2D eigenvalue weighted by Crippen LogP contribution is -2.27. The van der Waals surface area contributed by atoms with Crippen LogP contribution in [0.15, 0.2) is 82.6 Å². The maximum Gasteiger partial charge on any atom is 0.230 e. The van der Waals surface area contributed by atoms with Crippen LogP contribution in [0.3, 0.4) is 0 Å². The van der Waals surface area contributed by atoms with Crippen LogP contribution in [-0.4, -0.2) is 40.1 Å². The van der Waals surface area contributed by atoms with Crippen molar-refractivity contribution in [2.45, 2.75) is 11.6 Å². The van der Waals surface area contributed by atoms with Crippen LogP contribution in [0.1, 0.15) is 5.56 Å². The zero-order chi connectivity index (χ0) is 21.5. The van der Waals surface area contributed by atoms with Crippen molar-refractivity contribution in [2.75, 3.05) is 19.4 Å². The number of furan rings is 1. The number of para-hydroxylation sites is 2. The number of hydrogen-bond acceptors (Lipinski definition) is 6. The van der Waals surface area contributed by atoms with E-state index < -0.39 is 0 Å². The van der Waals surface area contributed by atoms with Crippen molar-refractivity contribution in [3.63, 3.8) is 0 Å². The van der Waals surface area contributed by atoms with Gasteiger partial charge in [-0.25, -0.2) is 0 Å². The molecule has 7 nitrogen and oxygen atoms in total. The van der Waals surface area contributed by atoms with Crippen LogP contribution in [0.25, 0.3) is 17.3 Å². The minimum atomic E-state index is -0.0675. The normalized spacial score (nSPS) is 10.7. The van der Waals surface area contributed by atoms with E-state index in [0.29, 0.717) is 29.7 Å². The molecule has 158 valence electrons. The Hall–Kier alpha value is -3.52. The van der Waals surface area contributed by atoms with Crippen molar-refractivity contribution in [3.8, 4) is 23.0 Å². The Balaban J connectivity index is 1.41. The highest BCUT2D eigenvalue weighted by Crippen LogP contribution is 2.28. The van der Waals surface area contributed by atoms with Gasteiger partial charge in [0.1, 0.15) is 5.75 Å². The number of carbonyl (C=O) groups excluding carboxylic acids is 1. The number of carbonyl (C=O) groups is 1. The zero-order valence-corrected chi connectivity index (χ0v) is 17.8. The average Bonchev–Trinajstić information content (AvgIpc) is 3.48. The van der Waals surface area contributed by atoms with E-state index in [1.165, 1.54) is 11.8 Å². The van der Waals surface area contributed by atoms with E-state index in [4.69, 9.17) is 9.15 Å². The number of thioether (sulfide) groups is 1. The highest BCUT2D eigenvalue weighted by molar-refractivity contribution is 7.99. The Morgan fingerprint density at radius 1 is 1.06 bits per heavy atom. The van der Waals surface area contributed by atoms with Crippen molar-refractivity contribution < 1.29 is 13.9 Å². The maximum absolute atomic E-state index is 12.4. The van der Waals surface area contributed by atoms with Crippen molar-refractivity contribution >= 4 is 17.7 Å². The second-order valence-corrected chi connectivity index (χ2v) is 7.60. The van der Waals surface area contributed by atoms with Crippen LogP contribution in [0.2, 0.25) is 0 Å². The molecule has 0 aliphatic carbocycles. The zero-order valence-electron chi connectivity index (χ0n) is 17.0. The molecule has 0 unspecified atom stereocenters. The summed E-state index contributed by atoms with van der Waals surface area (Å²) in [4.78, 5) is 12.4. The molecular weight excluding hydrogens is 412 g/mol. The smallest absolute Gasteiger partial charge is 0.230 e. The van der Waals surface area contributed by atoms with E-state index >= 15 is 0 Å². The lowest BCUT2D eigenvalue weighted by molar-refractivity contribution is -0.118. The molecule has 31 heavy (non-hydrogen) atoms. The third-order valence-electron chi connectivity index (χ3n) is 4.63. The monoisotopic (exact) mass is 434 g/mol. The van der Waals surface area contributed by atoms with E-state index in [0.717, 1.165) is 17.0 Å². The van der Waals surface area contributed by atoms with Gasteiger partial charge in [0.15, 0.2) is 10.9 Å². The quantitative estimate of drug-likeness (QED) is 0.401. The third-order valence-corrected chi connectivity index (χ3v) is 5.56. The predicted octanol–water partition coefficient (Wildman–Crippen LogP) is 3.99. The second-order valence-electron chi connectivity index (χ2n) is 6.65. The Morgan fingerprint density at radius 2 is 1.87 bits per heavy atom. The van der Waals surface area contributed by atoms with Gasteiger partial charge in [-0.05, 0) is 42.3 Å². The Bertz CT molecular complexity index is 1130. The van der Waals surface area contributed by atoms with E-state index in [1.54, 1.807) is 19.4 Å². The molecule has 0 aliphatic rings. The summed E-state index contributed by atoms with van der Waals surface area (Å²) in [7, 11) is 1.65. The molecule has 4 rings (SSSR count). The first kappa shape index (κ1) is 20.7. The van der Waals surface area contributed by atoms with E-state index in [9.17, 15) is 4.79 Å². The van der Waals surface area contributed by atoms with Gasteiger partial charge in [0.05, 0.1) is 19.1 Å². The van der Waals surface area contributed by atoms with E-state index in [-0.39, 0.29) is 11.7 Å². The molecule has 0 aliphatic heterocycles. The molecule has 2 heterocycles. The number of benzene rings is 2. The topological polar surface area (TPSA) is 82.2 Å². The first-order valence-electron chi connectivity index (χ1n) is 9.82. The molecule has 0 bridgehead atoms. The number of nitrogens with one attached hydrogen (secondary N) is 1. The first-order valence-corrected chi connectivity index (χ1v) is 10.8. The summed E-state index contributed by atoms with van der Waals surface area (Å²) in [5.41, 5.74) is 1.96. The van der Waals surface area contributed by atoms with E-state index in [1.807, 2.05) is 65.2 Å². The van der Waals surface area contributed by atoms with Crippen LogP contribution in [-0.2, 0) is 11.2 Å². The summed E-state index contributed by atoms with van der Waals surface area (Å²) in [5.74, 6) is 2.20. The molecule has 8 heteroatoms. The van der Waals surface area contributed by atoms with Crippen LogP contribution in [0, 0.1) is 0 Å². The molecule has 2 aromatic carbocycles. The van der Waals surface area contributed by atoms with Gasteiger partial charge in [-0.15, -0.1) is 10.2 Å². The van der Waals surface area contributed by atoms with Crippen molar-refractivity contribution in [1.82, 2.24) is 20.1 Å². The van der Waals surface area contributed by atoms with Crippen molar-refractivity contribution in [1.29, 1.82) is 0 Å². The van der Waals surface area contributed by atoms with Gasteiger partial charge in [-0.1, -0.05) is 48.2 Å². The van der Waals surface area contributed by atoms with Crippen LogP contribution < -0.4 is 10.1 Å². The largest absolute Gasteiger partial charge is 0.496 e. The number of nitrogens with zero attached hydrogens (tertiary/aromatic N) is 3.